The van der Waals surface area contributed by atoms with Gasteiger partial charge >= 0.3 is 0 Å². The molecule has 1 aliphatic heterocycles. The number of fused-ring (bicyclic) bond motifs is 1. The van der Waals surface area contributed by atoms with Gasteiger partial charge in [-0.15, -0.1) is 11.3 Å². The summed E-state index contributed by atoms with van der Waals surface area (Å²) in [6.45, 7) is 6.62. The van der Waals surface area contributed by atoms with E-state index >= 15 is 0 Å². The quantitative estimate of drug-likeness (QED) is 0.556. The fourth-order valence-corrected chi connectivity index (χ4v) is 5.10. The maximum absolute atomic E-state index is 6.25. The summed E-state index contributed by atoms with van der Waals surface area (Å²) in [5.74, 6) is 3.10. The zero-order valence-electron chi connectivity index (χ0n) is 15.2. The van der Waals surface area contributed by atoms with Crippen LogP contribution >= 0.6 is 22.9 Å². The normalized spacial score (nSPS) is 20.5. The molecule has 0 bridgehead atoms. The predicted octanol–water partition coefficient (Wildman–Crippen LogP) is 5.50. The summed E-state index contributed by atoms with van der Waals surface area (Å²) in [4.78, 5) is 12.4. The predicted molar refractivity (Wildman–Crippen MR) is 110 cm³/mol. The summed E-state index contributed by atoms with van der Waals surface area (Å²) in [5, 5.41) is 3.57. The lowest BCUT2D eigenvalue weighted by Crippen LogP contribution is -2.39. The number of hydrogen-bond donors (Lipinski definition) is 0. The summed E-state index contributed by atoms with van der Waals surface area (Å²) in [6.07, 6.45) is 1.26. The van der Waals surface area contributed by atoms with Gasteiger partial charge in [0.05, 0.1) is 12.5 Å². The molecule has 2 aromatic heterocycles. The number of anilines is 1. The highest BCUT2D eigenvalue weighted by Crippen LogP contribution is 2.40. The van der Waals surface area contributed by atoms with E-state index in [4.69, 9.17) is 16.3 Å². The number of nitrogens with zero attached hydrogens (tertiary/aromatic N) is 3. The number of hydrogen-bond acceptors (Lipinski definition) is 5. The molecule has 6 heteroatoms. The average Bonchev–Trinajstić information content (AvgIpc) is 3.04. The van der Waals surface area contributed by atoms with Gasteiger partial charge in [0.15, 0.2) is 0 Å². The van der Waals surface area contributed by atoms with Crippen molar-refractivity contribution < 1.29 is 4.74 Å². The second-order valence-electron chi connectivity index (χ2n) is 7.23. The van der Waals surface area contributed by atoms with E-state index < -0.39 is 0 Å². The molecule has 1 aromatic carbocycles. The molecular weight excluding hydrogens is 366 g/mol. The van der Waals surface area contributed by atoms with Crippen molar-refractivity contribution in [3.63, 3.8) is 0 Å². The van der Waals surface area contributed by atoms with Crippen LogP contribution in [0, 0.1) is 11.8 Å². The number of rotatable bonds is 3. The number of piperidine rings is 1. The molecule has 0 saturated carbocycles. The van der Waals surface area contributed by atoms with Gasteiger partial charge in [-0.1, -0.05) is 26.0 Å². The minimum Gasteiger partial charge on any atom is -0.497 e. The topological polar surface area (TPSA) is 38.3 Å². The molecule has 0 N–H and O–H groups in total. The lowest BCUT2D eigenvalue weighted by Gasteiger charge is -2.36. The summed E-state index contributed by atoms with van der Waals surface area (Å²) < 4.78 is 5.28. The van der Waals surface area contributed by atoms with Gasteiger partial charge in [0, 0.05) is 24.0 Å². The zero-order chi connectivity index (χ0) is 18.3. The van der Waals surface area contributed by atoms with Crippen LogP contribution in [0.1, 0.15) is 20.3 Å². The standard InChI is InChI=1S/C20H22ClN3OS/c1-12-8-13(2)10-24(9-12)18-17-16(11-26-19(17)23-20(21)22-18)14-4-6-15(25-3)7-5-14/h4-7,11-13H,8-10H2,1-3H3. The number of benzene rings is 1. The van der Waals surface area contributed by atoms with Crippen LogP contribution in [-0.4, -0.2) is 30.2 Å². The Morgan fingerprint density at radius 2 is 1.81 bits per heavy atom. The lowest BCUT2D eigenvalue weighted by molar-refractivity contribution is 0.356. The molecule has 4 rings (SSSR count). The first-order valence-corrected chi connectivity index (χ1v) is 10.1. The van der Waals surface area contributed by atoms with Gasteiger partial charge in [-0.3, -0.25) is 0 Å². The summed E-state index contributed by atoms with van der Waals surface area (Å²) in [6, 6.07) is 8.14. The van der Waals surface area contributed by atoms with Crippen LogP contribution in [0.15, 0.2) is 29.6 Å². The van der Waals surface area contributed by atoms with Gasteiger partial charge in [-0.05, 0) is 47.6 Å². The molecule has 2 unspecified atom stereocenters. The molecule has 4 nitrogen and oxygen atoms in total. The Balaban J connectivity index is 1.85. The SMILES string of the molecule is COc1ccc(-c2csc3nc(Cl)nc(N4CC(C)CC(C)C4)c23)cc1. The molecule has 136 valence electrons. The van der Waals surface area contributed by atoms with E-state index in [0.717, 1.165) is 46.0 Å². The second kappa shape index (κ2) is 7.05. The molecule has 1 aliphatic rings. The lowest BCUT2D eigenvalue weighted by atomic mass is 9.91. The van der Waals surface area contributed by atoms with Crippen LogP contribution in [0.4, 0.5) is 5.82 Å². The van der Waals surface area contributed by atoms with Crippen LogP contribution in [0.2, 0.25) is 5.28 Å². The summed E-state index contributed by atoms with van der Waals surface area (Å²) in [7, 11) is 1.68. The zero-order valence-corrected chi connectivity index (χ0v) is 16.8. The van der Waals surface area contributed by atoms with Crippen molar-refractivity contribution in [2.75, 3.05) is 25.1 Å². The molecule has 26 heavy (non-hydrogen) atoms. The minimum absolute atomic E-state index is 0.321. The molecular formula is C20H22ClN3OS. The molecule has 0 aliphatic carbocycles. The largest absolute Gasteiger partial charge is 0.497 e. The first-order chi connectivity index (χ1) is 12.5. The van der Waals surface area contributed by atoms with Crippen LogP contribution in [0.25, 0.3) is 21.3 Å². The third kappa shape index (κ3) is 3.26. The molecule has 0 spiro atoms. The first-order valence-electron chi connectivity index (χ1n) is 8.89. The Bertz CT molecular complexity index is 915. The molecule has 0 amide bonds. The van der Waals surface area contributed by atoms with E-state index in [1.165, 1.54) is 6.42 Å². The van der Waals surface area contributed by atoms with E-state index in [0.29, 0.717) is 17.1 Å². The molecule has 3 aromatic rings. The van der Waals surface area contributed by atoms with E-state index in [1.54, 1.807) is 18.4 Å². The molecule has 1 saturated heterocycles. The third-order valence-electron chi connectivity index (χ3n) is 4.96. The molecule has 1 fully saturated rings. The Morgan fingerprint density at radius 3 is 2.46 bits per heavy atom. The van der Waals surface area contributed by atoms with Crippen molar-refractivity contribution in [3.05, 3.63) is 34.9 Å². The second-order valence-corrected chi connectivity index (χ2v) is 8.42. The Labute approximate surface area is 162 Å². The van der Waals surface area contributed by atoms with Crippen molar-refractivity contribution in [2.45, 2.75) is 20.3 Å². The average molecular weight is 388 g/mol. The highest BCUT2D eigenvalue weighted by Gasteiger charge is 2.26. The smallest absolute Gasteiger partial charge is 0.225 e. The maximum atomic E-state index is 6.25. The molecule has 3 heterocycles. The van der Waals surface area contributed by atoms with E-state index in [1.807, 2.05) is 12.1 Å². The minimum atomic E-state index is 0.321. The van der Waals surface area contributed by atoms with E-state index in [-0.39, 0.29) is 0 Å². The summed E-state index contributed by atoms with van der Waals surface area (Å²) in [5.41, 5.74) is 2.30. The number of ether oxygens (including phenoxy) is 1. The van der Waals surface area contributed by atoms with Crippen molar-refractivity contribution in [2.24, 2.45) is 11.8 Å². The van der Waals surface area contributed by atoms with Gasteiger partial charge in [0.1, 0.15) is 16.4 Å². The molecule has 0 radical (unpaired) electrons. The van der Waals surface area contributed by atoms with E-state index in [9.17, 15) is 0 Å². The fraction of sp³-hybridized carbons (Fsp3) is 0.400. The van der Waals surface area contributed by atoms with Gasteiger partial charge in [-0.25, -0.2) is 4.98 Å². The number of methoxy groups -OCH3 is 1. The van der Waals surface area contributed by atoms with Crippen LogP contribution in [0.5, 0.6) is 5.75 Å². The van der Waals surface area contributed by atoms with Gasteiger partial charge < -0.3 is 9.64 Å². The monoisotopic (exact) mass is 387 g/mol. The van der Waals surface area contributed by atoms with Crippen LogP contribution < -0.4 is 9.64 Å². The molecule has 2 atom stereocenters. The van der Waals surface area contributed by atoms with Crippen LogP contribution in [0.3, 0.4) is 0 Å². The first kappa shape index (κ1) is 17.6. The van der Waals surface area contributed by atoms with Crippen molar-refractivity contribution >= 4 is 39.0 Å². The highest BCUT2D eigenvalue weighted by molar-refractivity contribution is 7.17. The number of aromatic nitrogens is 2. The number of halogens is 1. The van der Waals surface area contributed by atoms with Crippen LogP contribution in [-0.2, 0) is 0 Å². The van der Waals surface area contributed by atoms with E-state index in [2.05, 4.69) is 46.2 Å². The Kier molecular flexibility index (Phi) is 4.76. The van der Waals surface area contributed by atoms with Crippen molar-refractivity contribution in [1.82, 2.24) is 9.97 Å². The fourth-order valence-electron chi connectivity index (χ4n) is 3.95. The van der Waals surface area contributed by atoms with Gasteiger partial charge in [-0.2, -0.15) is 4.98 Å². The van der Waals surface area contributed by atoms with Crippen molar-refractivity contribution in [3.8, 4) is 16.9 Å². The Morgan fingerprint density at radius 1 is 1.12 bits per heavy atom. The van der Waals surface area contributed by atoms with Gasteiger partial charge in [0.25, 0.3) is 0 Å². The maximum Gasteiger partial charge on any atom is 0.225 e. The number of thiophene rings is 1. The summed E-state index contributed by atoms with van der Waals surface area (Å²) >= 11 is 7.87. The third-order valence-corrected chi connectivity index (χ3v) is 6.00. The highest BCUT2D eigenvalue weighted by atomic mass is 35.5. The Hall–Kier alpha value is -1.85. The van der Waals surface area contributed by atoms with Crippen molar-refractivity contribution in [1.29, 1.82) is 0 Å². The van der Waals surface area contributed by atoms with Gasteiger partial charge in [0.2, 0.25) is 5.28 Å².